The molecular weight excluding hydrogens is 242 g/mol. The molecule has 0 fully saturated rings. The number of hydrogen-bond donors (Lipinski definition) is 2. The second-order valence-corrected chi connectivity index (χ2v) is 3.97. The van der Waals surface area contributed by atoms with Gasteiger partial charge in [0, 0.05) is 24.4 Å². The lowest BCUT2D eigenvalue weighted by Crippen LogP contribution is -2.36. The van der Waals surface area contributed by atoms with E-state index in [0.29, 0.717) is 25.5 Å². The smallest absolute Gasteiger partial charge is 0.270 e. The number of nitrogens with one attached hydrogen (secondary N) is 1. The first-order valence-corrected chi connectivity index (χ1v) is 6.21. The summed E-state index contributed by atoms with van der Waals surface area (Å²) >= 11 is 0. The van der Waals surface area contributed by atoms with Crippen LogP contribution in [0.25, 0.3) is 0 Å². The average Bonchev–Trinajstić information content (AvgIpc) is 2.43. The van der Waals surface area contributed by atoms with Crippen LogP contribution in [0.4, 0.5) is 0 Å². The van der Waals surface area contributed by atoms with Crippen molar-refractivity contribution in [3.63, 3.8) is 0 Å². The lowest BCUT2D eigenvalue weighted by Gasteiger charge is -2.13. The van der Waals surface area contributed by atoms with Crippen LogP contribution < -0.4 is 11.1 Å². The molecule has 1 atom stereocenters. The molecule has 0 saturated carbocycles. The maximum Gasteiger partial charge on any atom is 0.270 e. The Balaban J connectivity index is 2.57. The average molecular weight is 261 g/mol. The van der Waals surface area contributed by atoms with Gasteiger partial charge in [-0.3, -0.25) is 4.79 Å². The van der Waals surface area contributed by atoms with E-state index in [9.17, 15) is 4.79 Å². The first-order valence-electron chi connectivity index (χ1n) is 6.21. The molecule has 3 N–H and O–H groups in total. The molecule has 0 saturated heterocycles. The molecular formula is C14H19N3O2. The quantitative estimate of drug-likeness (QED) is 0.759. The van der Waals surface area contributed by atoms with Crippen molar-refractivity contribution >= 4 is 5.91 Å². The number of hydrogen-bond acceptors (Lipinski definition) is 4. The zero-order valence-electron chi connectivity index (χ0n) is 11.3. The largest absolute Gasteiger partial charge is 0.380 e. The van der Waals surface area contributed by atoms with Gasteiger partial charge in [0.05, 0.1) is 13.2 Å². The van der Waals surface area contributed by atoms with Crippen LogP contribution in [-0.4, -0.2) is 36.7 Å². The third-order valence-corrected chi connectivity index (χ3v) is 2.28. The molecule has 0 aliphatic carbocycles. The maximum atomic E-state index is 11.9. The molecule has 5 heteroatoms. The molecule has 1 aromatic rings. The highest BCUT2D eigenvalue weighted by molar-refractivity contribution is 5.92. The predicted octanol–water partition coefficient (Wildman–Crippen LogP) is 0.547. The predicted molar refractivity (Wildman–Crippen MR) is 73.6 cm³/mol. The highest BCUT2D eigenvalue weighted by atomic mass is 16.5. The van der Waals surface area contributed by atoms with E-state index >= 15 is 0 Å². The molecule has 19 heavy (non-hydrogen) atoms. The molecule has 0 aliphatic heterocycles. The van der Waals surface area contributed by atoms with Gasteiger partial charge in [-0.2, -0.15) is 0 Å². The third kappa shape index (κ3) is 5.51. The second-order valence-electron chi connectivity index (χ2n) is 3.97. The minimum atomic E-state index is -0.217. The van der Waals surface area contributed by atoms with Gasteiger partial charge in [0.1, 0.15) is 5.69 Å². The van der Waals surface area contributed by atoms with Gasteiger partial charge >= 0.3 is 0 Å². The number of nitrogens with zero attached hydrogens (tertiary/aromatic N) is 1. The Morgan fingerprint density at radius 3 is 2.95 bits per heavy atom. The van der Waals surface area contributed by atoms with Crippen LogP contribution in [0.2, 0.25) is 0 Å². The van der Waals surface area contributed by atoms with Crippen LogP contribution in [0.3, 0.4) is 0 Å². The molecule has 0 bridgehead atoms. The molecule has 1 unspecified atom stereocenters. The number of aromatic nitrogens is 1. The molecule has 102 valence electrons. The molecule has 1 amide bonds. The van der Waals surface area contributed by atoms with Crippen molar-refractivity contribution in [1.82, 2.24) is 10.3 Å². The van der Waals surface area contributed by atoms with Gasteiger partial charge in [0.15, 0.2) is 0 Å². The van der Waals surface area contributed by atoms with Gasteiger partial charge in [-0.25, -0.2) is 4.98 Å². The van der Waals surface area contributed by atoms with Crippen molar-refractivity contribution in [1.29, 1.82) is 0 Å². The number of pyridine rings is 1. The van der Waals surface area contributed by atoms with Crippen LogP contribution in [-0.2, 0) is 4.74 Å². The van der Waals surface area contributed by atoms with E-state index in [1.165, 1.54) is 0 Å². The number of ether oxygens (including phenoxy) is 1. The van der Waals surface area contributed by atoms with Crippen molar-refractivity contribution in [3.05, 3.63) is 29.6 Å². The third-order valence-electron chi connectivity index (χ3n) is 2.28. The molecule has 0 radical (unpaired) electrons. The van der Waals surface area contributed by atoms with Gasteiger partial charge < -0.3 is 15.8 Å². The van der Waals surface area contributed by atoms with Crippen LogP contribution in [0, 0.1) is 11.8 Å². The summed E-state index contributed by atoms with van der Waals surface area (Å²) in [5, 5.41) is 2.81. The monoisotopic (exact) mass is 261 g/mol. The van der Waals surface area contributed by atoms with E-state index in [-0.39, 0.29) is 11.9 Å². The zero-order chi connectivity index (χ0) is 14.1. The summed E-state index contributed by atoms with van der Waals surface area (Å²) in [4.78, 5) is 15.9. The highest BCUT2D eigenvalue weighted by Crippen LogP contribution is 1.99. The Hall–Kier alpha value is -1.90. The lowest BCUT2D eigenvalue weighted by molar-refractivity contribution is 0.0867. The number of carbonyl (C=O) groups is 1. The molecule has 1 rings (SSSR count). The molecule has 0 aliphatic rings. The van der Waals surface area contributed by atoms with Crippen LogP contribution >= 0.6 is 0 Å². The minimum absolute atomic E-state index is 0.0500. The van der Waals surface area contributed by atoms with Crippen LogP contribution in [0.5, 0.6) is 0 Å². The fourth-order valence-corrected chi connectivity index (χ4v) is 1.39. The number of rotatable bonds is 5. The van der Waals surface area contributed by atoms with Crippen molar-refractivity contribution in [2.45, 2.75) is 19.9 Å². The summed E-state index contributed by atoms with van der Waals surface area (Å²) in [5.74, 6) is 5.36. The second kappa shape index (κ2) is 8.25. The van der Waals surface area contributed by atoms with Crippen LogP contribution in [0.1, 0.15) is 29.9 Å². The van der Waals surface area contributed by atoms with E-state index in [2.05, 4.69) is 22.1 Å². The fraction of sp³-hybridized carbons (Fsp3) is 0.429. The minimum Gasteiger partial charge on any atom is -0.380 e. The van der Waals surface area contributed by atoms with Crippen molar-refractivity contribution in [2.75, 3.05) is 19.8 Å². The summed E-state index contributed by atoms with van der Waals surface area (Å²) < 4.78 is 5.23. The molecule has 1 aromatic heterocycles. The van der Waals surface area contributed by atoms with E-state index in [0.717, 1.165) is 5.56 Å². The number of amides is 1. The van der Waals surface area contributed by atoms with Gasteiger partial charge in [-0.05, 0) is 26.0 Å². The SMILES string of the molecule is CCOCC(C)NC(=O)c1ccc(C#CCN)cn1. The molecule has 5 nitrogen and oxygen atoms in total. The topological polar surface area (TPSA) is 77.2 Å². The number of nitrogens with two attached hydrogens (primary N) is 1. The van der Waals surface area contributed by atoms with E-state index < -0.39 is 0 Å². The molecule has 1 heterocycles. The van der Waals surface area contributed by atoms with E-state index in [1.54, 1.807) is 18.3 Å². The van der Waals surface area contributed by atoms with Crippen molar-refractivity contribution < 1.29 is 9.53 Å². The first kappa shape index (κ1) is 15.2. The Morgan fingerprint density at radius 2 is 2.37 bits per heavy atom. The number of carbonyl (C=O) groups excluding carboxylic acids is 1. The Kier molecular flexibility index (Phi) is 6.58. The maximum absolute atomic E-state index is 11.9. The normalized spacial score (nSPS) is 11.3. The van der Waals surface area contributed by atoms with Gasteiger partial charge in [0.25, 0.3) is 5.91 Å². The van der Waals surface area contributed by atoms with Gasteiger partial charge in [-0.15, -0.1) is 0 Å². The Labute approximate surface area is 113 Å². The Morgan fingerprint density at radius 1 is 1.58 bits per heavy atom. The highest BCUT2D eigenvalue weighted by Gasteiger charge is 2.10. The zero-order valence-corrected chi connectivity index (χ0v) is 11.3. The van der Waals surface area contributed by atoms with Gasteiger partial charge in [-0.1, -0.05) is 11.8 Å². The molecule has 0 spiro atoms. The summed E-state index contributed by atoms with van der Waals surface area (Å²) in [5.41, 5.74) is 6.38. The van der Waals surface area contributed by atoms with E-state index in [4.69, 9.17) is 10.5 Å². The summed E-state index contributed by atoms with van der Waals surface area (Å²) in [7, 11) is 0. The Bertz CT molecular complexity index is 460. The van der Waals surface area contributed by atoms with Crippen molar-refractivity contribution in [2.24, 2.45) is 5.73 Å². The summed E-state index contributed by atoms with van der Waals surface area (Å²) in [6, 6.07) is 3.34. The van der Waals surface area contributed by atoms with Gasteiger partial charge in [0.2, 0.25) is 0 Å². The van der Waals surface area contributed by atoms with Crippen molar-refractivity contribution in [3.8, 4) is 11.8 Å². The van der Waals surface area contributed by atoms with E-state index in [1.807, 2.05) is 13.8 Å². The standard InChI is InChI=1S/C14H19N3O2/c1-3-19-10-11(2)17-14(18)13-7-6-12(9-16-13)5-4-8-15/h6-7,9,11H,3,8,10,15H2,1-2H3,(H,17,18). The molecule has 0 aromatic carbocycles. The summed E-state index contributed by atoms with van der Waals surface area (Å²) in [6.07, 6.45) is 1.56. The first-order chi connectivity index (χ1) is 9.17. The lowest BCUT2D eigenvalue weighted by atomic mass is 10.2. The van der Waals surface area contributed by atoms with Crippen LogP contribution in [0.15, 0.2) is 18.3 Å². The summed E-state index contributed by atoms with van der Waals surface area (Å²) in [6.45, 7) is 5.22. The fourth-order valence-electron chi connectivity index (χ4n) is 1.39.